The van der Waals surface area contributed by atoms with E-state index < -0.39 is 22.2 Å². The molecule has 1 saturated carbocycles. The number of ether oxygens (including phenoxy) is 1. The van der Waals surface area contributed by atoms with Gasteiger partial charge in [0.05, 0.1) is 31.9 Å². The van der Waals surface area contributed by atoms with E-state index in [1.54, 1.807) is 30.0 Å². The number of amides is 2. The molecule has 3 rings (SSSR count). The van der Waals surface area contributed by atoms with Crippen molar-refractivity contribution in [1.29, 1.82) is 0 Å². The maximum atomic E-state index is 13.1. The lowest BCUT2D eigenvalue weighted by molar-refractivity contribution is -0.134. The lowest BCUT2D eigenvalue weighted by atomic mass is 10.0. The van der Waals surface area contributed by atoms with E-state index >= 15 is 0 Å². The van der Waals surface area contributed by atoms with Gasteiger partial charge in [0.2, 0.25) is 21.8 Å². The molecule has 10 heteroatoms. The van der Waals surface area contributed by atoms with E-state index in [2.05, 4.69) is 5.32 Å². The van der Waals surface area contributed by atoms with Crippen LogP contribution >= 0.6 is 0 Å². The van der Waals surface area contributed by atoms with Crippen LogP contribution in [-0.2, 0) is 26.0 Å². The molecule has 3 atom stereocenters. The first-order valence-electron chi connectivity index (χ1n) is 10.9. The third-order valence-corrected chi connectivity index (χ3v) is 7.42. The molecule has 1 aliphatic carbocycles. The number of likely N-dealkylation sites (N-methyl/N-ethyl adjacent to an activating group) is 1. The molecule has 0 spiro atoms. The second-order valence-electron chi connectivity index (χ2n) is 9.02. The summed E-state index contributed by atoms with van der Waals surface area (Å²) in [5, 5.41) is 12.6. The molecule has 0 aromatic heterocycles. The standard InChI is InChI=1S/C22H33N3O6S/c1-14-11-25(15(2)13-26)21(27)10-17-9-18(23-22(28)16-5-6-16)7-8-19(17)31-20(14)12-24(3)32(4,29)30/h7-9,14-16,20,26H,5-6,10-13H2,1-4H3,(H,23,28)/t14-,15+,20-/m1/s1. The quantitative estimate of drug-likeness (QED) is 0.620. The van der Waals surface area contributed by atoms with Crippen molar-refractivity contribution in [2.75, 3.05) is 38.3 Å². The third kappa shape index (κ3) is 5.99. The minimum absolute atomic E-state index is 0.0305. The van der Waals surface area contributed by atoms with E-state index in [1.807, 2.05) is 6.92 Å². The number of aliphatic hydroxyl groups is 1. The van der Waals surface area contributed by atoms with Crippen molar-refractivity contribution in [2.45, 2.75) is 45.3 Å². The van der Waals surface area contributed by atoms with Crippen LogP contribution in [0.15, 0.2) is 18.2 Å². The minimum atomic E-state index is -3.42. The van der Waals surface area contributed by atoms with Crippen LogP contribution in [0.5, 0.6) is 5.75 Å². The van der Waals surface area contributed by atoms with E-state index in [9.17, 15) is 23.1 Å². The monoisotopic (exact) mass is 467 g/mol. The number of carbonyl (C=O) groups is 2. The van der Waals surface area contributed by atoms with Gasteiger partial charge in [-0.1, -0.05) is 6.92 Å². The van der Waals surface area contributed by atoms with Crippen molar-refractivity contribution in [3.05, 3.63) is 23.8 Å². The molecular weight excluding hydrogens is 434 g/mol. The van der Waals surface area contributed by atoms with E-state index in [0.717, 1.165) is 19.1 Å². The summed E-state index contributed by atoms with van der Waals surface area (Å²) in [6.45, 7) is 3.93. The summed E-state index contributed by atoms with van der Waals surface area (Å²) in [6, 6.07) is 4.80. The molecule has 0 radical (unpaired) electrons. The summed E-state index contributed by atoms with van der Waals surface area (Å²) in [6.07, 6.45) is 2.45. The number of hydrogen-bond acceptors (Lipinski definition) is 6. The van der Waals surface area contributed by atoms with Gasteiger partial charge in [0.25, 0.3) is 0 Å². The first kappa shape index (κ1) is 24.5. The van der Waals surface area contributed by atoms with Crippen LogP contribution < -0.4 is 10.1 Å². The number of carbonyl (C=O) groups excluding carboxylic acids is 2. The molecule has 0 unspecified atom stereocenters. The smallest absolute Gasteiger partial charge is 0.227 e. The summed E-state index contributed by atoms with van der Waals surface area (Å²) in [5.41, 5.74) is 1.20. The van der Waals surface area contributed by atoms with Crippen LogP contribution in [0, 0.1) is 11.8 Å². The van der Waals surface area contributed by atoms with Gasteiger partial charge >= 0.3 is 0 Å². The summed E-state index contributed by atoms with van der Waals surface area (Å²) in [5.74, 6) is 0.149. The SMILES string of the molecule is C[C@@H]1CN([C@@H](C)CO)C(=O)Cc2cc(NC(=O)C3CC3)ccc2O[C@@H]1CN(C)S(C)(=O)=O. The molecule has 2 amide bonds. The van der Waals surface area contributed by atoms with Crippen LogP contribution in [0.25, 0.3) is 0 Å². The Balaban J connectivity index is 1.94. The minimum Gasteiger partial charge on any atom is -0.488 e. The van der Waals surface area contributed by atoms with Crippen molar-refractivity contribution < 1.29 is 27.9 Å². The molecule has 1 heterocycles. The van der Waals surface area contributed by atoms with E-state index in [0.29, 0.717) is 23.5 Å². The van der Waals surface area contributed by atoms with Crippen LogP contribution in [0.4, 0.5) is 5.69 Å². The Hall–Kier alpha value is -2.17. The Morgan fingerprint density at radius 1 is 1.38 bits per heavy atom. The Morgan fingerprint density at radius 2 is 2.06 bits per heavy atom. The normalized spacial score (nSPS) is 22.9. The van der Waals surface area contributed by atoms with Crippen molar-refractivity contribution in [1.82, 2.24) is 9.21 Å². The van der Waals surface area contributed by atoms with Crippen molar-refractivity contribution in [2.24, 2.45) is 11.8 Å². The Labute approximate surface area is 189 Å². The lowest BCUT2D eigenvalue weighted by Gasteiger charge is -2.33. The highest BCUT2D eigenvalue weighted by Gasteiger charge is 2.33. The zero-order valence-corrected chi connectivity index (χ0v) is 19.9. The number of nitrogens with zero attached hydrogens (tertiary/aromatic N) is 2. The van der Waals surface area contributed by atoms with E-state index in [1.165, 1.54) is 11.4 Å². The molecule has 2 aliphatic rings. The van der Waals surface area contributed by atoms with Crippen LogP contribution in [0.3, 0.4) is 0 Å². The number of aliphatic hydroxyl groups excluding tert-OH is 1. The van der Waals surface area contributed by atoms with Gasteiger partial charge in [-0.15, -0.1) is 0 Å². The van der Waals surface area contributed by atoms with Gasteiger partial charge in [0, 0.05) is 36.7 Å². The molecule has 2 N–H and O–H groups in total. The molecule has 178 valence electrons. The molecule has 9 nitrogen and oxygen atoms in total. The number of hydrogen-bond donors (Lipinski definition) is 2. The average molecular weight is 468 g/mol. The first-order valence-corrected chi connectivity index (χ1v) is 12.8. The van der Waals surface area contributed by atoms with Gasteiger partial charge in [0.1, 0.15) is 11.9 Å². The predicted octanol–water partition coefficient (Wildman–Crippen LogP) is 1.08. The average Bonchev–Trinajstić information content (AvgIpc) is 3.56. The van der Waals surface area contributed by atoms with Crippen molar-refractivity contribution in [3.8, 4) is 5.75 Å². The summed E-state index contributed by atoms with van der Waals surface area (Å²) >= 11 is 0. The zero-order chi connectivity index (χ0) is 23.6. The van der Waals surface area contributed by atoms with Gasteiger partial charge in [-0.2, -0.15) is 0 Å². The van der Waals surface area contributed by atoms with E-state index in [-0.39, 0.29) is 43.2 Å². The van der Waals surface area contributed by atoms with Crippen molar-refractivity contribution >= 4 is 27.5 Å². The van der Waals surface area contributed by atoms with Gasteiger partial charge < -0.3 is 20.1 Å². The fourth-order valence-corrected chi connectivity index (χ4v) is 4.12. The van der Waals surface area contributed by atoms with Crippen LogP contribution in [0.2, 0.25) is 0 Å². The van der Waals surface area contributed by atoms with Gasteiger partial charge in [-0.3, -0.25) is 9.59 Å². The third-order valence-electron chi connectivity index (χ3n) is 6.14. The maximum Gasteiger partial charge on any atom is 0.227 e. The predicted molar refractivity (Wildman–Crippen MR) is 121 cm³/mol. The van der Waals surface area contributed by atoms with E-state index in [4.69, 9.17) is 4.74 Å². The van der Waals surface area contributed by atoms with Gasteiger partial charge in [0.15, 0.2) is 0 Å². The molecule has 1 aromatic carbocycles. The largest absolute Gasteiger partial charge is 0.488 e. The number of anilines is 1. The second kappa shape index (κ2) is 9.76. The topological polar surface area (TPSA) is 116 Å². The molecule has 0 saturated heterocycles. The van der Waals surface area contributed by atoms with Crippen LogP contribution in [-0.4, -0.2) is 79.7 Å². The zero-order valence-electron chi connectivity index (χ0n) is 19.1. The molecule has 1 aliphatic heterocycles. The second-order valence-corrected chi connectivity index (χ2v) is 11.1. The fraction of sp³-hybridized carbons (Fsp3) is 0.636. The summed E-state index contributed by atoms with van der Waals surface area (Å²) in [7, 11) is -1.92. The highest BCUT2D eigenvalue weighted by atomic mass is 32.2. The number of benzene rings is 1. The Kier molecular flexibility index (Phi) is 7.46. The molecule has 1 fully saturated rings. The number of sulfonamides is 1. The van der Waals surface area contributed by atoms with Gasteiger partial charge in [-0.25, -0.2) is 12.7 Å². The van der Waals surface area contributed by atoms with Crippen LogP contribution in [0.1, 0.15) is 32.3 Å². The Bertz CT molecular complexity index is 962. The fourth-order valence-electron chi connectivity index (χ4n) is 3.70. The molecular formula is C22H33N3O6S. The number of nitrogens with one attached hydrogen (secondary N) is 1. The maximum absolute atomic E-state index is 13.1. The summed E-state index contributed by atoms with van der Waals surface area (Å²) in [4.78, 5) is 26.9. The molecule has 0 bridgehead atoms. The number of fused-ring (bicyclic) bond motifs is 1. The highest BCUT2D eigenvalue weighted by molar-refractivity contribution is 7.88. The molecule has 32 heavy (non-hydrogen) atoms. The first-order chi connectivity index (χ1) is 15.0. The lowest BCUT2D eigenvalue weighted by Crippen LogP contribution is -2.48. The number of rotatable bonds is 7. The highest BCUT2D eigenvalue weighted by Crippen LogP contribution is 2.32. The molecule has 1 aromatic rings. The Morgan fingerprint density at radius 3 is 2.66 bits per heavy atom. The van der Waals surface area contributed by atoms with Crippen molar-refractivity contribution in [3.63, 3.8) is 0 Å². The summed E-state index contributed by atoms with van der Waals surface area (Å²) < 4.78 is 31.5. The van der Waals surface area contributed by atoms with Gasteiger partial charge in [-0.05, 0) is 38.0 Å².